The molecule has 7 heteroatoms. The molecule has 0 bridgehead atoms. The fraction of sp³-hybridized carbons (Fsp3) is 0.615. The van der Waals surface area contributed by atoms with Gasteiger partial charge in [-0.1, -0.05) is 6.92 Å². The zero-order valence-electron chi connectivity index (χ0n) is 11.6. The van der Waals surface area contributed by atoms with Crippen LogP contribution in [-0.2, 0) is 14.8 Å². The number of ether oxygens (including phenoxy) is 1. The minimum Gasteiger partial charge on any atom is -0.465 e. The highest BCUT2D eigenvalue weighted by molar-refractivity contribution is 7.89. The molecule has 0 amide bonds. The fourth-order valence-corrected chi connectivity index (χ4v) is 5.05. The van der Waals surface area contributed by atoms with Crippen LogP contribution in [-0.4, -0.2) is 27.5 Å². The maximum Gasteiger partial charge on any atom is 0.349 e. The Labute approximate surface area is 123 Å². The predicted octanol–water partition coefficient (Wildman–Crippen LogP) is 2.39. The van der Waals surface area contributed by atoms with Gasteiger partial charge >= 0.3 is 5.97 Å². The van der Waals surface area contributed by atoms with E-state index in [1.807, 2.05) is 0 Å². The van der Waals surface area contributed by atoms with Gasteiger partial charge in [0.25, 0.3) is 0 Å². The molecule has 0 saturated heterocycles. The lowest BCUT2D eigenvalue weighted by atomic mass is 9.88. The third-order valence-electron chi connectivity index (χ3n) is 3.63. The maximum absolute atomic E-state index is 12.4. The molecule has 0 unspecified atom stereocenters. The maximum atomic E-state index is 12.4. The zero-order chi connectivity index (χ0) is 14.8. The van der Waals surface area contributed by atoms with Gasteiger partial charge < -0.3 is 4.74 Å². The second kappa shape index (κ2) is 6.24. The van der Waals surface area contributed by atoms with Gasteiger partial charge in [0.15, 0.2) is 0 Å². The number of carbonyl (C=O) groups excluding carboxylic acids is 1. The number of rotatable bonds is 4. The Morgan fingerprint density at radius 2 is 2.00 bits per heavy atom. The average Bonchev–Trinajstić information content (AvgIpc) is 2.90. The average molecular weight is 317 g/mol. The van der Waals surface area contributed by atoms with Crippen LogP contribution >= 0.6 is 11.3 Å². The summed E-state index contributed by atoms with van der Waals surface area (Å²) in [5.74, 6) is 0.0418. The lowest BCUT2D eigenvalue weighted by molar-refractivity contribution is 0.0602. The number of nitrogens with one attached hydrogen (secondary N) is 1. The van der Waals surface area contributed by atoms with E-state index in [9.17, 15) is 13.2 Å². The molecule has 2 rings (SSSR count). The van der Waals surface area contributed by atoms with Gasteiger partial charge in [-0.15, -0.1) is 11.3 Å². The molecule has 1 aromatic heterocycles. The first kappa shape index (κ1) is 15.5. The first-order valence-electron chi connectivity index (χ1n) is 6.62. The van der Waals surface area contributed by atoms with E-state index in [1.165, 1.54) is 13.2 Å². The van der Waals surface area contributed by atoms with E-state index in [0.717, 1.165) is 37.0 Å². The molecule has 112 valence electrons. The van der Waals surface area contributed by atoms with Crippen LogP contribution in [0.2, 0.25) is 0 Å². The monoisotopic (exact) mass is 317 g/mol. The van der Waals surface area contributed by atoms with Crippen LogP contribution in [0.25, 0.3) is 0 Å². The highest BCUT2D eigenvalue weighted by Crippen LogP contribution is 2.27. The van der Waals surface area contributed by atoms with Gasteiger partial charge in [-0.05, 0) is 43.0 Å². The van der Waals surface area contributed by atoms with Crippen molar-refractivity contribution >= 4 is 27.3 Å². The van der Waals surface area contributed by atoms with Gasteiger partial charge in [-0.25, -0.2) is 17.9 Å². The third kappa shape index (κ3) is 3.39. The van der Waals surface area contributed by atoms with E-state index in [1.54, 1.807) is 5.38 Å². The number of hydrogen-bond donors (Lipinski definition) is 1. The van der Waals surface area contributed by atoms with E-state index >= 15 is 0 Å². The molecule has 0 aliphatic heterocycles. The summed E-state index contributed by atoms with van der Waals surface area (Å²) in [5.41, 5.74) is 0. The molecule has 1 fully saturated rings. The Hall–Kier alpha value is -0.920. The molecule has 0 aromatic carbocycles. The van der Waals surface area contributed by atoms with Crippen LogP contribution in [0.15, 0.2) is 16.3 Å². The van der Waals surface area contributed by atoms with Crippen molar-refractivity contribution in [2.24, 2.45) is 5.92 Å². The van der Waals surface area contributed by atoms with Gasteiger partial charge in [0.1, 0.15) is 9.77 Å². The van der Waals surface area contributed by atoms with Crippen molar-refractivity contribution in [3.8, 4) is 0 Å². The van der Waals surface area contributed by atoms with Gasteiger partial charge in [-0.3, -0.25) is 0 Å². The van der Waals surface area contributed by atoms with Gasteiger partial charge in [0.2, 0.25) is 10.0 Å². The first-order chi connectivity index (χ1) is 9.44. The van der Waals surface area contributed by atoms with Crippen molar-refractivity contribution < 1.29 is 17.9 Å². The molecule has 5 nitrogen and oxygen atoms in total. The summed E-state index contributed by atoms with van der Waals surface area (Å²) in [4.78, 5) is 11.7. The Morgan fingerprint density at radius 3 is 2.60 bits per heavy atom. The van der Waals surface area contributed by atoms with Crippen molar-refractivity contribution in [2.75, 3.05) is 7.11 Å². The van der Waals surface area contributed by atoms with Crippen LogP contribution in [0.5, 0.6) is 0 Å². The van der Waals surface area contributed by atoms with Crippen LogP contribution in [0, 0.1) is 5.92 Å². The minimum atomic E-state index is -3.66. The molecular formula is C13H19NO4S2. The summed E-state index contributed by atoms with van der Waals surface area (Å²) in [6, 6.07) is 1.41. The van der Waals surface area contributed by atoms with Crippen molar-refractivity contribution in [2.45, 2.75) is 43.5 Å². The fourth-order valence-electron chi connectivity index (χ4n) is 2.41. The summed E-state index contributed by atoms with van der Waals surface area (Å²) >= 11 is 1.08. The Morgan fingerprint density at radius 1 is 1.35 bits per heavy atom. The Kier molecular flexibility index (Phi) is 4.82. The van der Waals surface area contributed by atoms with Gasteiger partial charge in [-0.2, -0.15) is 0 Å². The number of methoxy groups -OCH3 is 1. The first-order valence-corrected chi connectivity index (χ1v) is 8.98. The molecule has 1 saturated carbocycles. The van der Waals surface area contributed by atoms with Gasteiger partial charge in [0, 0.05) is 6.04 Å². The number of thiophene rings is 1. The highest BCUT2D eigenvalue weighted by atomic mass is 32.2. The summed E-state index contributed by atoms with van der Waals surface area (Å²) in [7, 11) is -2.42. The van der Waals surface area contributed by atoms with Crippen molar-refractivity contribution in [1.29, 1.82) is 0 Å². The van der Waals surface area contributed by atoms with E-state index in [2.05, 4.69) is 16.4 Å². The van der Waals surface area contributed by atoms with Crippen molar-refractivity contribution in [1.82, 2.24) is 4.72 Å². The normalized spacial score (nSPS) is 23.5. The Bertz CT molecular complexity index is 571. The number of esters is 1. The standard InChI is InChI=1S/C13H19NO4S2/c1-9-3-5-10(6-4-9)14-20(16,17)11-7-8-19-12(11)13(15)18-2/h7-10,14H,3-6H2,1-2H3. The molecule has 0 atom stereocenters. The molecule has 1 aliphatic carbocycles. The number of carbonyl (C=O) groups is 1. The lowest BCUT2D eigenvalue weighted by Gasteiger charge is -2.26. The van der Waals surface area contributed by atoms with E-state index in [4.69, 9.17) is 0 Å². The van der Waals surface area contributed by atoms with Crippen LogP contribution < -0.4 is 4.72 Å². The third-order valence-corrected chi connectivity index (χ3v) is 6.21. The lowest BCUT2D eigenvalue weighted by Crippen LogP contribution is -2.37. The van der Waals surface area contributed by atoms with Crippen molar-refractivity contribution in [3.63, 3.8) is 0 Å². The molecule has 1 aromatic rings. The van der Waals surface area contributed by atoms with E-state index in [-0.39, 0.29) is 15.8 Å². The minimum absolute atomic E-state index is 0.0213. The summed E-state index contributed by atoms with van der Waals surface area (Å²) in [5, 5.41) is 1.59. The molecule has 20 heavy (non-hydrogen) atoms. The summed E-state index contributed by atoms with van der Waals surface area (Å²) in [6.07, 6.45) is 3.75. The molecule has 0 spiro atoms. The number of hydrogen-bond acceptors (Lipinski definition) is 5. The molecular weight excluding hydrogens is 298 g/mol. The number of sulfonamides is 1. The largest absolute Gasteiger partial charge is 0.465 e. The SMILES string of the molecule is COC(=O)c1sccc1S(=O)(=O)NC1CCC(C)CC1. The second-order valence-corrected chi connectivity index (χ2v) is 7.78. The second-order valence-electron chi connectivity index (χ2n) is 5.18. The quantitative estimate of drug-likeness (QED) is 0.866. The van der Waals surface area contributed by atoms with E-state index in [0.29, 0.717) is 5.92 Å². The van der Waals surface area contributed by atoms with Crippen LogP contribution in [0.4, 0.5) is 0 Å². The highest BCUT2D eigenvalue weighted by Gasteiger charge is 2.28. The summed E-state index contributed by atoms with van der Waals surface area (Å²) < 4.78 is 32.1. The predicted molar refractivity (Wildman–Crippen MR) is 77.4 cm³/mol. The molecule has 0 radical (unpaired) electrons. The van der Waals surface area contributed by atoms with Crippen LogP contribution in [0.1, 0.15) is 42.3 Å². The molecule has 1 heterocycles. The molecule has 1 N–H and O–H groups in total. The van der Waals surface area contributed by atoms with Crippen LogP contribution in [0.3, 0.4) is 0 Å². The summed E-state index contributed by atoms with van der Waals surface area (Å²) in [6.45, 7) is 2.18. The van der Waals surface area contributed by atoms with Crippen molar-refractivity contribution in [3.05, 3.63) is 16.3 Å². The van der Waals surface area contributed by atoms with Gasteiger partial charge in [0.05, 0.1) is 7.11 Å². The van der Waals surface area contributed by atoms with E-state index < -0.39 is 16.0 Å². The zero-order valence-corrected chi connectivity index (χ0v) is 13.2. The molecule has 1 aliphatic rings. The smallest absolute Gasteiger partial charge is 0.349 e. The topological polar surface area (TPSA) is 72.5 Å². The Balaban J connectivity index is 2.15.